The van der Waals surface area contributed by atoms with Crippen LogP contribution in [0.2, 0.25) is 0 Å². The third-order valence-electron chi connectivity index (χ3n) is 4.09. The largest absolute Gasteiger partial charge is 0.339 e. The molecule has 1 aromatic rings. The van der Waals surface area contributed by atoms with Gasteiger partial charge in [-0.15, -0.1) is 11.3 Å². The number of rotatable bonds is 3. The zero-order valence-electron chi connectivity index (χ0n) is 12.0. The van der Waals surface area contributed by atoms with E-state index in [4.69, 9.17) is 0 Å². The Bertz CT molecular complexity index is 461. The van der Waals surface area contributed by atoms with Gasteiger partial charge in [-0.3, -0.25) is 9.69 Å². The van der Waals surface area contributed by atoms with E-state index in [-0.39, 0.29) is 6.04 Å². The highest BCUT2D eigenvalue weighted by Gasteiger charge is 2.29. The van der Waals surface area contributed by atoms with Crippen molar-refractivity contribution in [2.75, 3.05) is 32.7 Å². The molecule has 0 radical (unpaired) electrons. The van der Waals surface area contributed by atoms with Gasteiger partial charge in [0.15, 0.2) is 0 Å². The van der Waals surface area contributed by atoms with E-state index in [0.717, 1.165) is 57.1 Å². The number of thiazole rings is 1. The van der Waals surface area contributed by atoms with Gasteiger partial charge in [-0.1, -0.05) is 0 Å². The van der Waals surface area contributed by atoms with Crippen LogP contribution in [0.15, 0.2) is 6.20 Å². The van der Waals surface area contributed by atoms with Crippen LogP contribution >= 0.6 is 11.3 Å². The van der Waals surface area contributed by atoms with Gasteiger partial charge in [0.05, 0.1) is 11.0 Å². The molecule has 2 aliphatic rings. The molecule has 3 heterocycles. The molecule has 2 saturated heterocycles. The van der Waals surface area contributed by atoms with Crippen LogP contribution in [0.3, 0.4) is 0 Å². The molecule has 2 fully saturated rings. The Kier molecular flexibility index (Phi) is 4.33. The van der Waals surface area contributed by atoms with Crippen molar-refractivity contribution in [3.05, 3.63) is 16.1 Å². The second kappa shape index (κ2) is 6.20. The van der Waals surface area contributed by atoms with E-state index in [0.29, 0.717) is 5.91 Å². The molecule has 0 spiro atoms. The first-order chi connectivity index (χ1) is 9.72. The Morgan fingerprint density at radius 3 is 2.85 bits per heavy atom. The molecule has 0 bridgehead atoms. The summed E-state index contributed by atoms with van der Waals surface area (Å²) in [4.78, 5) is 22.4. The first-order valence-corrected chi connectivity index (χ1v) is 8.20. The molecular formula is C14H22N4OS. The molecule has 0 aliphatic carbocycles. The van der Waals surface area contributed by atoms with Gasteiger partial charge < -0.3 is 10.2 Å². The number of nitrogens with one attached hydrogen (secondary N) is 1. The monoisotopic (exact) mass is 294 g/mol. The van der Waals surface area contributed by atoms with Crippen LogP contribution in [0.5, 0.6) is 0 Å². The molecule has 5 nitrogen and oxygen atoms in total. The average molecular weight is 294 g/mol. The molecule has 0 aromatic carbocycles. The van der Waals surface area contributed by atoms with E-state index >= 15 is 0 Å². The molecule has 6 heteroatoms. The Balaban J connectivity index is 1.48. The van der Waals surface area contributed by atoms with Gasteiger partial charge >= 0.3 is 0 Å². The lowest BCUT2D eigenvalue weighted by atomic mass is 10.2. The second-order valence-corrected chi connectivity index (χ2v) is 6.92. The Hall–Kier alpha value is -0.980. The molecule has 20 heavy (non-hydrogen) atoms. The topological polar surface area (TPSA) is 48.5 Å². The smallest absolute Gasteiger partial charge is 0.239 e. The molecule has 1 unspecified atom stereocenters. The van der Waals surface area contributed by atoms with Gasteiger partial charge in [0, 0.05) is 43.8 Å². The first-order valence-electron chi connectivity index (χ1n) is 7.38. The van der Waals surface area contributed by atoms with Gasteiger partial charge in [0.2, 0.25) is 5.91 Å². The van der Waals surface area contributed by atoms with Gasteiger partial charge in [-0.25, -0.2) is 4.98 Å². The highest BCUT2D eigenvalue weighted by molar-refractivity contribution is 7.11. The van der Waals surface area contributed by atoms with E-state index in [2.05, 4.69) is 15.2 Å². The minimum absolute atomic E-state index is 0.0747. The van der Waals surface area contributed by atoms with E-state index in [1.165, 1.54) is 4.88 Å². The van der Waals surface area contributed by atoms with Crippen LogP contribution in [0.25, 0.3) is 0 Å². The summed E-state index contributed by atoms with van der Waals surface area (Å²) in [5.74, 6) is 0.302. The Morgan fingerprint density at radius 2 is 2.25 bits per heavy atom. The molecule has 0 saturated carbocycles. The first kappa shape index (κ1) is 14.0. The maximum absolute atomic E-state index is 12.3. The third-order valence-corrected chi connectivity index (χ3v) is 4.99. The van der Waals surface area contributed by atoms with Crippen molar-refractivity contribution in [2.24, 2.45) is 0 Å². The van der Waals surface area contributed by atoms with Gasteiger partial charge in [-0.05, 0) is 26.3 Å². The van der Waals surface area contributed by atoms with E-state index in [1.54, 1.807) is 11.3 Å². The number of nitrogens with zero attached hydrogens (tertiary/aromatic N) is 3. The van der Waals surface area contributed by atoms with Crippen molar-refractivity contribution in [3.63, 3.8) is 0 Å². The summed E-state index contributed by atoms with van der Waals surface area (Å²) in [5, 5.41) is 4.42. The van der Waals surface area contributed by atoms with E-state index in [1.807, 2.05) is 18.0 Å². The molecule has 2 aliphatic heterocycles. The molecular weight excluding hydrogens is 272 g/mol. The van der Waals surface area contributed by atoms with Gasteiger partial charge in [-0.2, -0.15) is 0 Å². The molecule has 110 valence electrons. The van der Waals surface area contributed by atoms with Crippen LogP contribution in [-0.2, 0) is 11.3 Å². The summed E-state index contributed by atoms with van der Waals surface area (Å²) in [6, 6.07) is 0.0747. The van der Waals surface area contributed by atoms with Crippen LogP contribution in [0.1, 0.15) is 22.7 Å². The van der Waals surface area contributed by atoms with E-state index in [9.17, 15) is 4.79 Å². The SMILES string of the molecule is Cc1ncc(CN2CCN(C(=O)C3CCCN3)CC2)s1. The number of carbonyl (C=O) groups is 1. The van der Waals surface area contributed by atoms with Crippen molar-refractivity contribution in [1.82, 2.24) is 20.1 Å². The maximum Gasteiger partial charge on any atom is 0.239 e. The lowest BCUT2D eigenvalue weighted by Gasteiger charge is -2.35. The fraction of sp³-hybridized carbons (Fsp3) is 0.714. The third kappa shape index (κ3) is 3.19. The quantitative estimate of drug-likeness (QED) is 0.898. The number of aryl methyl sites for hydroxylation is 1. The molecule has 3 rings (SSSR count). The molecule has 1 N–H and O–H groups in total. The number of carbonyl (C=O) groups excluding carboxylic acids is 1. The number of hydrogen-bond acceptors (Lipinski definition) is 5. The highest BCUT2D eigenvalue weighted by Crippen LogP contribution is 2.16. The Morgan fingerprint density at radius 1 is 1.45 bits per heavy atom. The predicted molar refractivity (Wildman–Crippen MR) is 79.7 cm³/mol. The van der Waals surface area contributed by atoms with Crippen LogP contribution < -0.4 is 5.32 Å². The van der Waals surface area contributed by atoms with Crippen molar-refractivity contribution in [1.29, 1.82) is 0 Å². The summed E-state index contributed by atoms with van der Waals surface area (Å²) < 4.78 is 0. The highest BCUT2D eigenvalue weighted by atomic mass is 32.1. The predicted octanol–water partition coefficient (Wildman–Crippen LogP) is 0.848. The Labute approximate surface area is 124 Å². The second-order valence-electron chi connectivity index (χ2n) is 5.60. The number of amides is 1. The van der Waals surface area contributed by atoms with Crippen LogP contribution in [-0.4, -0.2) is 59.5 Å². The van der Waals surface area contributed by atoms with Gasteiger partial charge in [0.25, 0.3) is 0 Å². The zero-order valence-corrected chi connectivity index (χ0v) is 12.8. The van der Waals surface area contributed by atoms with Crippen LogP contribution in [0, 0.1) is 6.92 Å². The van der Waals surface area contributed by atoms with Crippen molar-refractivity contribution in [2.45, 2.75) is 32.4 Å². The molecule has 1 aromatic heterocycles. The standard InChI is InChI=1S/C14H22N4OS/c1-11-16-9-12(20-11)10-17-5-7-18(8-6-17)14(19)13-3-2-4-15-13/h9,13,15H,2-8,10H2,1H3. The van der Waals surface area contributed by atoms with Crippen molar-refractivity contribution >= 4 is 17.2 Å². The van der Waals surface area contributed by atoms with Gasteiger partial charge in [0.1, 0.15) is 0 Å². The van der Waals surface area contributed by atoms with E-state index < -0.39 is 0 Å². The summed E-state index contributed by atoms with van der Waals surface area (Å²) in [7, 11) is 0. The number of aromatic nitrogens is 1. The molecule has 1 amide bonds. The normalized spacial score (nSPS) is 24.2. The summed E-state index contributed by atoms with van der Waals surface area (Å²) >= 11 is 1.77. The average Bonchev–Trinajstić information content (AvgIpc) is 3.11. The summed E-state index contributed by atoms with van der Waals surface area (Å²) in [5.41, 5.74) is 0. The fourth-order valence-corrected chi connectivity index (χ4v) is 3.78. The van der Waals surface area contributed by atoms with Crippen LogP contribution in [0.4, 0.5) is 0 Å². The van der Waals surface area contributed by atoms with Crippen molar-refractivity contribution in [3.8, 4) is 0 Å². The summed E-state index contributed by atoms with van der Waals surface area (Å²) in [6.45, 7) is 7.64. The maximum atomic E-state index is 12.3. The molecule has 1 atom stereocenters. The lowest BCUT2D eigenvalue weighted by Crippen LogP contribution is -2.52. The number of hydrogen-bond donors (Lipinski definition) is 1. The minimum Gasteiger partial charge on any atom is -0.339 e. The fourth-order valence-electron chi connectivity index (χ4n) is 2.94. The minimum atomic E-state index is 0.0747. The lowest BCUT2D eigenvalue weighted by molar-refractivity contribution is -0.134. The zero-order chi connectivity index (χ0) is 13.9. The number of piperazine rings is 1. The van der Waals surface area contributed by atoms with Crippen molar-refractivity contribution < 1.29 is 4.79 Å². The summed E-state index contributed by atoms with van der Waals surface area (Å²) in [6.07, 6.45) is 4.10.